The van der Waals surface area contributed by atoms with Gasteiger partial charge in [-0.15, -0.1) is 0 Å². The standard InChI is InChI=1S/C13H14N2O4/c1-7-4-12(17)19-11-5-8(2-3-9(7)11)15-13(18)10(14)6-16/h2-5,10,16H,6,14H2,1H3,(H,15,18)/t10-/m0/s1. The molecule has 4 N–H and O–H groups in total. The van der Waals surface area contributed by atoms with Gasteiger partial charge in [0.1, 0.15) is 11.6 Å². The Labute approximate surface area is 108 Å². The zero-order valence-electron chi connectivity index (χ0n) is 10.3. The zero-order chi connectivity index (χ0) is 14.0. The Hall–Kier alpha value is -2.18. The van der Waals surface area contributed by atoms with E-state index in [2.05, 4.69) is 5.32 Å². The van der Waals surface area contributed by atoms with Crippen LogP contribution in [0, 0.1) is 6.92 Å². The summed E-state index contributed by atoms with van der Waals surface area (Å²) in [7, 11) is 0. The van der Waals surface area contributed by atoms with Gasteiger partial charge < -0.3 is 20.6 Å². The largest absolute Gasteiger partial charge is 0.423 e. The molecule has 0 fully saturated rings. The molecule has 1 atom stereocenters. The minimum atomic E-state index is -0.986. The summed E-state index contributed by atoms with van der Waals surface area (Å²) in [5, 5.41) is 12.1. The number of fused-ring (bicyclic) bond motifs is 1. The number of carbonyl (C=O) groups excluding carboxylic acids is 1. The lowest BCUT2D eigenvalue weighted by molar-refractivity contribution is -0.118. The smallest absolute Gasteiger partial charge is 0.336 e. The molecular formula is C13H14N2O4. The highest BCUT2D eigenvalue weighted by molar-refractivity contribution is 5.96. The molecule has 6 heteroatoms. The molecule has 0 aliphatic carbocycles. The summed E-state index contributed by atoms with van der Waals surface area (Å²) in [6.45, 7) is 1.37. The Morgan fingerprint density at radius 3 is 2.89 bits per heavy atom. The fourth-order valence-electron chi connectivity index (χ4n) is 1.72. The van der Waals surface area contributed by atoms with E-state index >= 15 is 0 Å². The van der Waals surface area contributed by atoms with Crippen LogP contribution in [0.5, 0.6) is 0 Å². The monoisotopic (exact) mass is 262 g/mol. The number of hydrogen-bond acceptors (Lipinski definition) is 5. The number of carbonyl (C=O) groups is 1. The number of aryl methyl sites for hydroxylation is 1. The number of hydrogen-bond donors (Lipinski definition) is 3. The van der Waals surface area contributed by atoms with Crippen LogP contribution < -0.4 is 16.7 Å². The molecule has 1 aromatic carbocycles. The summed E-state index contributed by atoms with van der Waals surface area (Å²) in [5.74, 6) is -0.503. The molecule has 2 rings (SSSR count). The van der Waals surface area contributed by atoms with Crippen molar-refractivity contribution in [1.29, 1.82) is 0 Å². The average Bonchev–Trinajstić information content (AvgIpc) is 2.36. The molecule has 19 heavy (non-hydrogen) atoms. The second kappa shape index (κ2) is 5.21. The van der Waals surface area contributed by atoms with E-state index in [1.54, 1.807) is 25.1 Å². The summed E-state index contributed by atoms with van der Waals surface area (Å²) < 4.78 is 5.06. The van der Waals surface area contributed by atoms with E-state index in [9.17, 15) is 9.59 Å². The third kappa shape index (κ3) is 2.81. The third-order valence-electron chi connectivity index (χ3n) is 2.75. The van der Waals surface area contributed by atoms with E-state index in [1.165, 1.54) is 6.07 Å². The second-order valence-corrected chi connectivity index (χ2v) is 4.24. The quantitative estimate of drug-likeness (QED) is 0.692. The number of nitrogens with two attached hydrogens (primary N) is 1. The maximum atomic E-state index is 11.5. The van der Waals surface area contributed by atoms with Crippen molar-refractivity contribution in [1.82, 2.24) is 0 Å². The van der Waals surface area contributed by atoms with Crippen molar-refractivity contribution in [3.05, 3.63) is 40.2 Å². The van der Waals surface area contributed by atoms with Gasteiger partial charge in [-0.25, -0.2) is 4.79 Å². The van der Waals surface area contributed by atoms with E-state index < -0.39 is 24.2 Å². The summed E-state index contributed by atoms with van der Waals surface area (Å²) in [6.07, 6.45) is 0. The van der Waals surface area contributed by atoms with E-state index in [1.807, 2.05) is 0 Å². The van der Waals surface area contributed by atoms with Gasteiger partial charge in [-0.1, -0.05) is 0 Å². The molecular weight excluding hydrogens is 248 g/mol. The molecule has 1 heterocycles. The molecule has 0 unspecified atom stereocenters. The average molecular weight is 262 g/mol. The van der Waals surface area contributed by atoms with Crippen molar-refractivity contribution in [2.45, 2.75) is 13.0 Å². The second-order valence-electron chi connectivity index (χ2n) is 4.24. The van der Waals surface area contributed by atoms with E-state index in [-0.39, 0.29) is 0 Å². The van der Waals surface area contributed by atoms with Crippen LogP contribution in [-0.4, -0.2) is 23.7 Å². The van der Waals surface area contributed by atoms with Crippen LogP contribution in [0.25, 0.3) is 11.0 Å². The Morgan fingerprint density at radius 1 is 1.47 bits per heavy atom. The summed E-state index contributed by atoms with van der Waals surface area (Å²) in [6, 6.07) is 5.39. The van der Waals surface area contributed by atoms with Gasteiger partial charge in [-0.2, -0.15) is 0 Å². The zero-order valence-corrected chi connectivity index (χ0v) is 10.3. The van der Waals surface area contributed by atoms with Crippen LogP contribution in [0.1, 0.15) is 5.56 Å². The number of benzene rings is 1. The number of nitrogens with one attached hydrogen (secondary N) is 1. The molecule has 1 amide bonds. The molecule has 100 valence electrons. The molecule has 0 aliphatic heterocycles. The third-order valence-corrected chi connectivity index (χ3v) is 2.75. The van der Waals surface area contributed by atoms with Gasteiger partial charge in [0.25, 0.3) is 0 Å². The first-order chi connectivity index (χ1) is 9.01. The lowest BCUT2D eigenvalue weighted by Gasteiger charge is -2.10. The van der Waals surface area contributed by atoms with Crippen LogP contribution in [-0.2, 0) is 4.79 Å². The number of anilines is 1. The van der Waals surface area contributed by atoms with Gasteiger partial charge in [-0.05, 0) is 24.6 Å². The van der Waals surface area contributed by atoms with Gasteiger partial charge in [-0.3, -0.25) is 4.79 Å². The number of aliphatic hydroxyl groups excluding tert-OH is 1. The Kier molecular flexibility index (Phi) is 3.64. The summed E-state index contributed by atoms with van der Waals surface area (Å²) in [4.78, 5) is 22.8. The van der Waals surface area contributed by atoms with Crippen molar-refractivity contribution in [3.63, 3.8) is 0 Å². The Morgan fingerprint density at radius 2 is 2.21 bits per heavy atom. The SMILES string of the molecule is Cc1cc(=O)oc2cc(NC(=O)[C@@H](N)CO)ccc12. The van der Waals surface area contributed by atoms with E-state index in [0.717, 1.165) is 10.9 Å². The van der Waals surface area contributed by atoms with Crippen LogP contribution in [0.2, 0.25) is 0 Å². The molecule has 0 aliphatic rings. The molecule has 0 saturated carbocycles. The van der Waals surface area contributed by atoms with Gasteiger partial charge in [0.2, 0.25) is 5.91 Å². The first-order valence-electron chi connectivity index (χ1n) is 5.73. The highest BCUT2D eigenvalue weighted by Gasteiger charge is 2.12. The fourth-order valence-corrected chi connectivity index (χ4v) is 1.72. The van der Waals surface area contributed by atoms with Crippen molar-refractivity contribution in [2.75, 3.05) is 11.9 Å². The maximum Gasteiger partial charge on any atom is 0.336 e. The Balaban J connectivity index is 2.37. The van der Waals surface area contributed by atoms with Gasteiger partial charge in [0, 0.05) is 23.2 Å². The lowest BCUT2D eigenvalue weighted by atomic mass is 10.1. The number of amides is 1. The minimum Gasteiger partial charge on any atom is -0.423 e. The van der Waals surface area contributed by atoms with Gasteiger partial charge >= 0.3 is 5.63 Å². The number of rotatable bonds is 3. The first kappa shape index (κ1) is 13.3. The van der Waals surface area contributed by atoms with Crippen LogP contribution in [0.3, 0.4) is 0 Å². The molecule has 0 radical (unpaired) electrons. The fraction of sp³-hybridized carbons (Fsp3) is 0.231. The van der Waals surface area contributed by atoms with E-state index in [0.29, 0.717) is 11.3 Å². The molecule has 0 bridgehead atoms. The summed E-state index contributed by atoms with van der Waals surface area (Å²) in [5.41, 5.74) is 6.59. The number of aliphatic hydroxyl groups is 1. The normalized spacial score (nSPS) is 12.4. The van der Waals surface area contributed by atoms with Crippen LogP contribution in [0.15, 0.2) is 33.5 Å². The molecule has 0 spiro atoms. The van der Waals surface area contributed by atoms with Crippen molar-refractivity contribution in [3.8, 4) is 0 Å². The van der Waals surface area contributed by atoms with Crippen LogP contribution in [0.4, 0.5) is 5.69 Å². The van der Waals surface area contributed by atoms with E-state index in [4.69, 9.17) is 15.3 Å². The lowest BCUT2D eigenvalue weighted by Crippen LogP contribution is -2.38. The Bertz CT molecular complexity index is 678. The molecule has 0 saturated heterocycles. The highest BCUT2D eigenvalue weighted by Crippen LogP contribution is 2.20. The first-order valence-corrected chi connectivity index (χ1v) is 5.73. The van der Waals surface area contributed by atoms with Gasteiger partial charge in [0.05, 0.1) is 6.61 Å². The van der Waals surface area contributed by atoms with Crippen molar-refractivity contribution < 1.29 is 14.3 Å². The highest BCUT2D eigenvalue weighted by atomic mass is 16.4. The van der Waals surface area contributed by atoms with Crippen LogP contribution >= 0.6 is 0 Å². The van der Waals surface area contributed by atoms with Crippen molar-refractivity contribution in [2.24, 2.45) is 5.73 Å². The maximum absolute atomic E-state index is 11.5. The summed E-state index contributed by atoms with van der Waals surface area (Å²) >= 11 is 0. The van der Waals surface area contributed by atoms with Gasteiger partial charge in [0.15, 0.2) is 0 Å². The predicted octanol–water partition coefficient (Wildman–Crippen LogP) is 0.360. The predicted molar refractivity (Wildman–Crippen MR) is 70.9 cm³/mol. The minimum absolute atomic E-state index is 0.389. The topological polar surface area (TPSA) is 106 Å². The molecule has 2 aromatic rings. The molecule has 6 nitrogen and oxygen atoms in total. The van der Waals surface area contributed by atoms with Crippen molar-refractivity contribution >= 4 is 22.6 Å². The molecule has 1 aromatic heterocycles.